The highest BCUT2D eigenvalue weighted by Gasteiger charge is 2.49. The van der Waals surface area contributed by atoms with E-state index in [-0.39, 0.29) is 16.0 Å². The summed E-state index contributed by atoms with van der Waals surface area (Å²) in [5, 5.41) is 4.30. The molecule has 1 aromatic carbocycles. The van der Waals surface area contributed by atoms with Crippen molar-refractivity contribution >= 4 is 44.1 Å². The van der Waals surface area contributed by atoms with Gasteiger partial charge in [0, 0.05) is 35.1 Å². The van der Waals surface area contributed by atoms with Crippen LogP contribution in [0.25, 0.3) is 21.3 Å². The van der Waals surface area contributed by atoms with Crippen LogP contribution in [-0.4, -0.2) is 45.2 Å². The molecule has 1 spiro atoms. The van der Waals surface area contributed by atoms with Gasteiger partial charge in [-0.3, -0.25) is 0 Å². The average Bonchev–Trinajstić information content (AvgIpc) is 3.40. The van der Waals surface area contributed by atoms with Gasteiger partial charge in [-0.05, 0) is 43.5 Å². The molecule has 0 amide bonds. The first-order valence-corrected chi connectivity index (χ1v) is 11.6. The van der Waals surface area contributed by atoms with E-state index in [1.54, 1.807) is 6.07 Å². The minimum Gasteiger partial charge on any atom is -0.382 e. The number of nitrogens with zero attached hydrogens (tertiary/aromatic N) is 3. The Labute approximate surface area is 190 Å². The van der Waals surface area contributed by atoms with Gasteiger partial charge < -0.3 is 20.2 Å². The molecule has 4 aromatic rings. The smallest absolute Gasteiger partial charge is 0.382 e. The Balaban J connectivity index is 1.14. The summed E-state index contributed by atoms with van der Waals surface area (Å²) in [6, 6.07) is 7.73. The van der Waals surface area contributed by atoms with Gasteiger partial charge in [-0.2, -0.15) is 13.2 Å². The van der Waals surface area contributed by atoms with Crippen molar-refractivity contribution in [3.63, 3.8) is 0 Å². The molecule has 2 fully saturated rings. The quantitative estimate of drug-likeness (QED) is 0.407. The van der Waals surface area contributed by atoms with Crippen molar-refractivity contribution in [2.45, 2.75) is 37.9 Å². The van der Waals surface area contributed by atoms with E-state index in [0.717, 1.165) is 66.2 Å². The van der Waals surface area contributed by atoms with Crippen LogP contribution in [0, 0.1) is 5.41 Å². The highest BCUT2D eigenvalue weighted by molar-refractivity contribution is 7.18. The number of imidazole rings is 1. The lowest BCUT2D eigenvalue weighted by Crippen LogP contribution is -2.56. The van der Waals surface area contributed by atoms with Crippen molar-refractivity contribution in [1.82, 2.24) is 19.9 Å². The molecular formula is C22H21F3N6OS. The summed E-state index contributed by atoms with van der Waals surface area (Å²) in [4.78, 5) is 28.6. The zero-order valence-corrected chi connectivity index (χ0v) is 18.3. The van der Waals surface area contributed by atoms with Crippen LogP contribution in [0.2, 0.25) is 0 Å². The van der Waals surface area contributed by atoms with Gasteiger partial charge in [0.2, 0.25) is 0 Å². The average molecular weight is 475 g/mol. The number of nitrogens with one attached hydrogen (secondary N) is 3. The minimum absolute atomic E-state index is 0.187. The van der Waals surface area contributed by atoms with E-state index in [1.165, 1.54) is 6.33 Å². The first-order chi connectivity index (χ1) is 15.8. The van der Waals surface area contributed by atoms with E-state index in [2.05, 4.69) is 30.2 Å². The third-order valence-corrected chi connectivity index (χ3v) is 7.72. The predicted molar refractivity (Wildman–Crippen MR) is 122 cm³/mol. The Morgan fingerprint density at radius 2 is 2.00 bits per heavy atom. The summed E-state index contributed by atoms with van der Waals surface area (Å²) in [7, 11) is 0. The molecule has 3 aromatic heterocycles. The van der Waals surface area contributed by atoms with Gasteiger partial charge in [-0.25, -0.2) is 14.8 Å². The van der Waals surface area contributed by atoms with E-state index in [9.17, 15) is 18.0 Å². The number of aromatic amines is 2. The van der Waals surface area contributed by atoms with Crippen molar-refractivity contribution in [2.24, 2.45) is 5.41 Å². The topological polar surface area (TPSA) is 89.7 Å². The maximum atomic E-state index is 12.8. The molecule has 2 aliphatic rings. The number of hydrogen-bond donors (Lipinski definition) is 3. The van der Waals surface area contributed by atoms with Gasteiger partial charge in [-0.1, -0.05) is 0 Å². The van der Waals surface area contributed by atoms with Gasteiger partial charge in [0.05, 0.1) is 22.8 Å². The summed E-state index contributed by atoms with van der Waals surface area (Å²) in [6.07, 6.45) is -0.584. The lowest BCUT2D eigenvalue weighted by Gasteiger charge is -2.49. The van der Waals surface area contributed by atoms with Crippen molar-refractivity contribution in [3.8, 4) is 0 Å². The number of rotatable bonds is 4. The van der Waals surface area contributed by atoms with Gasteiger partial charge in [0.15, 0.2) is 0 Å². The van der Waals surface area contributed by atoms with E-state index >= 15 is 0 Å². The fourth-order valence-electron chi connectivity index (χ4n) is 5.32. The zero-order chi connectivity index (χ0) is 22.8. The molecule has 1 unspecified atom stereocenters. The number of benzene rings is 1. The van der Waals surface area contributed by atoms with Crippen molar-refractivity contribution in [3.05, 3.63) is 46.0 Å². The van der Waals surface area contributed by atoms with E-state index in [1.807, 2.05) is 18.2 Å². The van der Waals surface area contributed by atoms with Gasteiger partial charge >= 0.3 is 11.9 Å². The fourth-order valence-corrected chi connectivity index (χ4v) is 6.34. The van der Waals surface area contributed by atoms with Crippen molar-refractivity contribution in [1.29, 1.82) is 0 Å². The highest BCUT2D eigenvalue weighted by atomic mass is 32.1. The molecule has 11 heteroatoms. The second kappa shape index (κ2) is 7.21. The van der Waals surface area contributed by atoms with Crippen LogP contribution in [0.3, 0.4) is 0 Å². The zero-order valence-electron chi connectivity index (χ0n) is 17.5. The Hall–Kier alpha value is -3.08. The maximum Gasteiger partial charge on any atom is 0.393 e. The lowest BCUT2D eigenvalue weighted by atomic mass is 9.78. The van der Waals surface area contributed by atoms with Crippen LogP contribution < -0.4 is 15.9 Å². The number of aromatic nitrogens is 4. The Morgan fingerprint density at radius 1 is 1.18 bits per heavy atom. The number of halogens is 3. The normalized spacial score (nSPS) is 20.1. The molecule has 33 heavy (non-hydrogen) atoms. The number of thiophene rings is 1. The second-order valence-electron chi connectivity index (χ2n) is 9.20. The van der Waals surface area contributed by atoms with E-state index < -0.39 is 12.6 Å². The van der Waals surface area contributed by atoms with Gasteiger partial charge in [0.1, 0.15) is 17.0 Å². The molecule has 1 saturated carbocycles. The second-order valence-corrected chi connectivity index (χ2v) is 10.3. The largest absolute Gasteiger partial charge is 0.393 e. The van der Waals surface area contributed by atoms with Gasteiger partial charge in [0.25, 0.3) is 0 Å². The molecule has 0 bridgehead atoms. The van der Waals surface area contributed by atoms with E-state index in [4.69, 9.17) is 0 Å². The molecular weight excluding hydrogens is 453 g/mol. The summed E-state index contributed by atoms with van der Waals surface area (Å²) in [6.45, 7) is 1.68. The van der Waals surface area contributed by atoms with Crippen LogP contribution in [0.15, 0.2) is 35.4 Å². The SMILES string of the molecule is O=c1[nH]c2ccc(NC3CCC4(C3)CN(c3ncnc5sc(CC(F)(F)F)cc35)C4)cc2[nH]1. The molecule has 1 atom stereocenters. The van der Waals surface area contributed by atoms with Crippen LogP contribution in [0.5, 0.6) is 0 Å². The molecule has 4 heterocycles. The summed E-state index contributed by atoms with van der Waals surface area (Å²) in [5.74, 6) is 0.730. The predicted octanol–water partition coefficient (Wildman–Crippen LogP) is 4.44. The van der Waals surface area contributed by atoms with Gasteiger partial charge in [-0.15, -0.1) is 11.3 Å². The first-order valence-electron chi connectivity index (χ1n) is 10.8. The van der Waals surface area contributed by atoms with Crippen LogP contribution in [0.4, 0.5) is 24.7 Å². The number of hydrogen-bond acceptors (Lipinski definition) is 6. The molecule has 172 valence electrons. The Kier molecular flexibility index (Phi) is 4.48. The van der Waals surface area contributed by atoms with Crippen molar-refractivity contribution in [2.75, 3.05) is 23.3 Å². The number of fused-ring (bicyclic) bond motifs is 2. The monoisotopic (exact) mass is 474 g/mol. The van der Waals surface area contributed by atoms with Crippen LogP contribution in [-0.2, 0) is 6.42 Å². The number of H-pyrrole nitrogens is 2. The molecule has 7 nitrogen and oxygen atoms in total. The highest BCUT2D eigenvalue weighted by Crippen LogP contribution is 2.48. The molecule has 3 N–H and O–H groups in total. The molecule has 1 aliphatic carbocycles. The van der Waals surface area contributed by atoms with E-state index in [0.29, 0.717) is 16.3 Å². The Morgan fingerprint density at radius 3 is 2.82 bits per heavy atom. The third-order valence-electron chi connectivity index (χ3n) is 6.68. The fraction of sp³-hybridized carbons (Fsp3) is 0.409. The molecule has 6 rings (SSSR count). The van der Waals surface area contributed by atoms with Crippen LogP contribution in [0.1, 0.15) is 24.1 Å². The lowest BCUT2D eigenvalue weighted by molar-refractivity contribution is -0.126. The Bertz CT molecular complexity index is 1400. The molecule has 0 radical (unpaired) electrons. The number of alkyl halides is 3. The summed E-state index contributed by atoms with van der Waals surface area (Å²) >= 11 is 1.09. The summed E-state index contributed by atoms with van der Waals surface area (Å²) in [5.41, 5.74) is 2.51. The minimum atomic E-state index is -4.23. The maximum absolute atomic E-state index is 12.8. The first kappa shape index (κ1) is 20.5. The van der Waals surface area contributed by atoms with Crippen molar-refractivity contribution < 1.29 is 13.2 Å². The number of anilines is 2. The van der Waals surface area contributed by atoms with Crippen LogP contribution >= 0.6 is 11.3 Å². The molecule has 1 saturated heterocycles. The standard InChI is InChI=1S/C22H21F3N6OS/c23-22(24,25)8-14-6-15-18(26-11-27-19(15)33-14)31-9-21(10-31)4-3-13(7-21)28-12-1-2-16-17(5-12)30-20(32)29-16/h1-2,5-6,11,13,28H,3-4,7-10H2,(H2,29,30,32). The molecule has 1 aliphatic heterocycles. The summed E-state index contributed by atoms with van der Waals surface area (Å²) < 4.78 is 38.4. The third kappa shape index (κ3) is 3.84.